The molecule has 102 valence electrons. The number of hydrogen-bond donors (Lipinski definition) is 0. The summed E-state index contributed by atoms with van der Waals surface area (Å²) >= 11 is 0. The van der Waals surface area contributed by atoms with Crippen molar-refractivity contribution in [3.8, 4) is 0 Å². The molecule has 0 amide bonds. The zero-order valence-electron chi connectivity index (χ0n) is 12.1. The minimum Gasteiger partial charge on any atom is -0.501 e. The number of aliphatic imine (C=N–C) groups is 1. The van der Waals surface area contributed by atoms with Gasteiger partial charge in [-0.05, 0) is 45.2 Å². The van der Waals surface area contributed by atoms with Crippen LogP contribution < -0.4 is 0 Å². The lowest BCUT2D eigenvalue weighted by Crippen LogP contribution is -1.96. The standard InChI is InChI=1S/C15H21N3O/c1-6-8-15(16-4)18-10-9-14(17-18)13(7-2)11-12(3)19-5/h7-11H,4,6H2,1-3,5H3/b12-11+,13-7+,15-8+. The number of rotatable bonds is 6. The van der Waals surface area contributed by atoms with E-state index in [1.807, 2.05) is 44.3 Å². The third-order valence-electron chi connectivity index (χ3n) is 2.66. The van der Waals surface area contributed by atoms with Gasteiger partial charge in [0, 0.05) is 11.8 Å². The van der Waals surface area contributed by atoms with Gasteiger partial charge in [-0.25, -0.2) is 9.67 Å². The molecule has 0 spiro atoms. The van der Waals surface area contributed by atoms with E-state index in [1.165, 1.54) is 0 Å². The summed E-state index contributed by atoms with van der Waals surface area (Å²) in [6, 6.07) is 1.95. The van der Waals surface area contributed by atoms with Crippen LogP contribution >= 0.6 is 0 Å². The van der Waals surface area contributed by atoms with Crippen LogP contribution in [0.3, 0.4) is 0 Å². The van der Waals surface area contributed by atoms with E-state index in [1.54, 1.807) is 11.8 Å². The molecule has 1 aromatic heterocycles. The Bertz CT molecular complexity index is 521. The molecular weight excluding hydrogens is 238 g/mol. The van der Waals surface area contributed by atoms with E-state index in [0.29, 0.717) is 0 Å². The van der Waals surface area contributed by atoms with Gasteiger partial charge in [0.15, 0.2) is 0 Å². The molecule has 4 nitrogen and oxygen atoms in total. The van der Waals surface area contributed by atoms with E-state index in [-0.39, 0.29) is 0 Å². The van der Waals surface area contributed by atoms with Crippen LogP contribution in [0.2, 0.25) is 0 Å². The first kappa shape index (κ1) is 15.0. The molecule has 1 heterocycles. The molecule has 0 aliphatic rings. The lowest BCUT2D eigenvalue weighted by molar-refractivity contribution is 0.294. The molecule has 0 saturated carbocycles. The Morgan fingerprint density at radius 1 is 1.58 bits per heavy atom. The molecule has 1 aromatic rings. The molecule has 19 heavy (non-hydrogen) atoms. The monoisotopic (exact) mass is 259 g/mol. The second-order valence-electron chi connectivity index (χ2n) is 3.98. The Balaban J connectivity index is 3.08. The van der Waals surface area contributed by atoms with Crippen molar-refractivity contribution in [3.63, 3.8) is 0 Å². The summed E-state index contributed by atoms with van der Waals surface area (Å²) in [5.41, 5.74) is 1.89. The highest BCUT2D eigenvalue weighted by Gasteiger charge is 2.05. The Morgan fingerprint density at radius 2 is 2.32 bits per heavy atom. The predicted molar refractivity (Wildman–Crippen MR) is 80.8 cm³/mol. The second-order valence-corrected chi connectivity index (χ2v) is 3.98. The van der Waals surface area contributed by atoms with Crippen LogP contribution in [0.4, 0.5) is 0 Å². The van der Waals surface area contributed by atoms with Crippen molar-refractivity contribution in [2.75, 3.05) is 7.11 Å². The van der Waals surface area contributed by atoms with Gasteiger partial charge in [0.25, 0.3) is 0 Å². The van der Waals surface area contributed by atoms with E-state index in [0.717, 1.165) is 29.3 Å². The fourth-order valence-electron chi connectivity index (χ4n) is 1.60. The van der Waals surface area contributed by atoms with Gasteiger partial charge in [0.2, 0.25) is 0 Å². The Labute approximate surface area is 114 Å². The van der Waals surface area contributed by atoms with Crippen molar-refractivity contribution in [1.29, 1.82) is 0 Å². The fraction of sp³-hybridized carbons (Fsp3) is 0.333. The summed E-state index contributed by atoms with van der Waals surface area (Å²) in [6.07, 6.45) is 8.71. The van der Waals surface area contributed by atoms with Crippen molar-refractivity contribution < 1.29 is 4.74 Å². The number of allylic oxidation sites excluding steroid dienone is 5. The molecule has 0 aliphatic carbocycles. The SMILES string of the molecule is C=N/C(=C\CC)n1ccc(C(/C=C(\C)OC)=C/C)n1. The van der Waals surface area contributed by atoms with E-state index in [2.05, 4.69) is 23.7 Å². The molecule has 0 atom stereocenters. The molecule has 0 N–H and O–H groups in total. The van der Waals surface area contributed by atoms with Gasteiger partial charge in [-0.3, -0.25) is 0 Å². The van der Waals surface area contributed by atoms with Crippen LogP contribution in [0.5, 0.6) is 0 Å². The van der Waals surface area contributed by atoms with Gasteiger partial charge in [-0.2, -0.15) is 5.10 Å². The van der Waals surface area contributed by atoms with Gasteiger partial charge in [0.05, 0.1) is 18.6 Å². The summed E-state index contributed by atoms with van der Waals surface area (Å²) in [5, 5.41) is 4.50. The first-order valence-electron chi connectivity index (χ1n) is 6.28. The van der Waals surface area contributed by atoms with Crippen molar-refractivity contribution >= 4 is 18.1 Å². The Hall–Kier alpha value is -2.10. The average Bonchev–Trinajstić information content (AvgIpc) is 2.91. The second kappa shape index (κ2) is 7.36. The highest BCUT2D eigenvalue weighted by atomic mass is 16.5. The smallest absolute Gasteiger partial charge is 0.148 e. The van der Waals surface area contributed by atoms with Crippen LogP contribution in [0.1, 0.15) is 32.9 Å². The largest absolute Gasteiger partial charge is 0.501 e. The number of hydrogen-bond acceptors (Lipinski definition) is 3. The Morgan fingerprint density at radius 3 is 2.84 bits per heavy atom. The zero-order chi connectivity index (χ0) is 14.3. The van der Waals surface area contributed by atoms with E-state index >= 15 is 0 Å². The lowest BCUT2D eigenvalue weighted by atomic mass is 10.1. The van der Waals surface area contributed by atoms with E-state index in [4.69, 9.17) is 4.74 Å². The summed E-state index contributed by atoms with van der Waals surface area (Å²) in [4.78, 5) is 3.98. The first-order valence-corrected chi connectivity index (χ1v) is 6.28. The van der Waals surface area contributed by atoms with E-state index < -0.39 is 0 Å². The van der Waals surface area contributed by atoms with Gasteiger partial charge in [-0.15, -0.1) is 0 Å². The highest BCUT2D eigenvalue weighted by molar-refractivity contribution is 5.71. The molecule has 0 bridgehead atoms. The maximum absolute atomic E-state index is 5.16. The summed E-state index contributed by atoms with van der Waals surface area (Å²) in [5.74, 6) is 1.59. The molecule has 0 aromatic carbocycles. The molecule has 0 fully saturated rings. The zero-order valence-corrected chi connectivity index (χ0v) is 12.1. The highest BCUT2D eigenvalue weighted by Crippen LogP contribution is 2.17. The maximum atomic E-state index is 5.16. The summed E-state index contributed by atoms with van der Waals surface area (Å²) < 4.78 is 6.89. The lowest BCUT2D eigenvalue weighted by Gasteiger charge is -2.02. The van der Waals surface area contributed by atoms with Gasteiger partial charge < -0.3 is 4.74 Å². The van der Waals surface area contributed by atoms with Gasteiger partial charge in [0.1, 0.15) is 5.82 Å². The maximum Gasteiger partial charge on any atom is 0.148 e. The normalized spacial score (nSPS) is 13.6. The topological polar surface area (TPSA) is 39.4 Å². The van der Waals surface area contributed by atoms with E-state index in [9.17, 15) is 0 Å². The van der Waals surface area contributed by atoms with Crippen molar-refractivity contribution in [3.05, 3.63) is 41.9 Å². The number of methoxy groups -OCH3 is 1. The fourth-order valence-corrected chi connectivity index (χ4v) is 1.60. The van der Waals surface area contributed by atoms with Crippen molar-refractivity contribution in [1.82, 2.24) is 9.78 Å². The number of aromatic nitrogens is 2. The third-order valence-corrected chi connectivity index (χ3v) is 2.66. The van der Waals surface area contributed by atoms with Crippen LogP contribution in [-0.4, -0.2) is 23.6 Å². The molecule has 0 unspecified atom stereocenters. The third kappa shape index (κ3) is 3.95. The summed E-state index contributed by atoms with van der Waals surface area (Å²) in [7, 11) is 1.65. The molecular formula is C15H21N3O. The first-order chi connectivity index (χ1) is 9.15. The molecule has 0 radical (unpaired) electrons. The van der Waals surface area contributed by atoms with Crippen molar-refractivity contribution in [2.45, 2.75) is 27.2 Å². The number of nitrogens with zero attached hydrogens (tertiary/aromatic N) is 3. The summed E-state index contributed by atoms with van der Waals surface area (Å²) in [6.45, 7) is 9.50. The van der Waals surface area contributed by atoms with Crippen LogP contribution in [0.15, 0.2) is 41.2 Å². The average molecular weight is 259 g/mol. The van der Waals surface area contributed by atoms with Crippen LogP contribution in [0, 0.1) is 0 Å². The quantitative estimate of drug-likeness (QED) is 0.443. The minimum absolute atomic E-state index is 0.747. The van der Waals surface area contributed by atoms with Gasteiger partial charge in [-0.1, -0.05) is 13.0 Å². The van der Waals surface area contributed by atoms with Gasteiger partial charge >= 0.3 is 0 Å². The van der Waals surface area contributed by atoms with Crippen LogP contribution in [-0.2, 0) is 4.74 Å². The molecule has 0 aliphatic heterocycles. The predicted octanol–water partition coefficient (Wildman–Crippen LogP) is 3.75. The minimum atomic E-state index is 0.747. The molecule has 1 rings (SSSR count). The Kier molecular flexibility index (Phi) is 5.79. The van der Waals surface area contributed by atoms with Crippen molar-refractivity contribution in [2.24, 2.45) is 4.99 Å². The number of ether oxygens (including phenoxy) is 1. The molecule has 0 saturated heterocycles. The molecule has 4 heteroatoms. The van der Waals surface area contributed by atoms with Crippen LogP contribution in [0.25, 0.3) is 11.4 Å².